The van der Waals surface area contributed by atoms with E-state index < -0.39 is 0 Å². The van der Waals surface area contributed by atoms with Crippen molar-refractivity contribution < 1.29 is 0 Å². The smallest absolute Gasteiger partial charge is 0.0633 e. The van der Waals surface area contributed by atoms with Crippen molar-refractivity contribution in [1.82, 2.24) is 0 Å². The maximum absolute atomic E-state index is 5.99. The SMILES string of the molecule is CC(C)c1ccc(Nc2cc(Cl)c(Cl)cc2N)cc1. The van der Waals surface area contributed by atoms with E-state index in [2.05, 4.69) is 31.3 Å². The molecule has 0 fully saturated rings. The van der Waals surface area contributed by atoms with Gasteiger partial charge in [0.25, 0.3) is 0 Å². The highest BCUT2D eigenvalue weighted by Gasteiger charge is 2.06. The molecule has 0 unspecified atom stereocenters. The van der Waals surface area contributed by atoms with Gasteiger partial charge in [0, 0.05) is 5.69 Å². The predicted molar refractivity (Wildman–Crippen MR) is 84.7 cm³/mol. The summed E-state index contributed by atoms with van der Waals surface area (Å²) in [5.74, 6) is 0.518. The van der Waals surface area contributed by atoms with Gasteiger partial charge in [-0.1, -0.05) is 49.2 Å². The molecular formula is C15H16Cl2N2. The summed E-state index contributed by atoms with van der Waals surface area (Å²) >= 11 is 11.9. The molecule has 0 saturated heterocycles. The lowest BCUT2D eigenvalue weighted by molar-refractivity contribution is 0.867. The molecule has 2 aromatic carbocycles. The number of halogens is 2. The van der Waals surface area contributed by atoms with Gasteiger partial charge in [-0.3, -0.25) is 0 Å². The number of hydrogen-bond donors (Lipinski definition) is 2. The predicted octanol–water partition coefficient (Wildman–Crippen LogP) is 5.44. The summed E-state index contributed by atoms with van der Waals surface area (Å²) in [6, 6.07) is 11.6. The van der Waals surface area contributed by atoms with Crippen LogP contribution in [0.15, 0.2) is 36.4 Å². The summed E-state index contributed by atoms with van der Waals surface area (Å²) in [7, 11) is 0. The summed E-state index contributed by atoms with van der Waals surface area (Å²) in [5, 5.41) is 4.18. The van der Waals surface area contributed by atoms with Gasteiger partial charge < -0.3 is 11.1 Å². The van der Waals surface area contributed by atoms with Crippen LogP contribution in [0.2, 0.25) is 10.0 Å². The fourth-order valence-corrected chi connectivity index (χ4v) is 2.11. The Kier molecular flexibility index (Phi) is 4.23. The van der Waals surface area contributed by atoms with Crippen LogP contribution in [-0.2, 0) is 0 Å². The number of hydrogen-bond acceptors (Lipinski definition) is 2. The summed E-state index contributed by atoms with van der Waals surface area (Å²) in [6.07, 6.45) is 0. The van der Waals surface area contributed by atoms with Crippen LogP contribution in [0.3, 0.4) is 0 Å². The summed E-state index contributed by atoms with van der Waals surface area (Å²) in [6.45, 7) is 4.33. The molecule has 0 aliphatic rings. The van der Waals surface area contributed by atoms with Crippen LogP contribution in [0.1, 0.15) is 25.3 Å². The molecule has 0 radical (unpaired) electrons. The summed E-state index contributed by atoms with van der Waals surface area (Å²) in [5.41, 5.74) is 9.50. The number of nitrogen functional groups attached to an aromatic ring is 1. The van der Waals surface area contributed by atoms with Crippen molar-refractivity contribution in [3.05, 3.63) is 52.0 Å². The highest BCUT2D eigenvalue weighted by atomic mass is 35.5. The average molecular weight is 295 g/mol. The molecule has 0 aliphatic carbocycles. The average Bonchev–Trinajstić information content (AvgIpc) is 2.36. The molecule has 3 N–H and O–H groups in total. The fourth-order valence-electron chi connectivity index (χ4n) is 1.78. The van der Waals surface area contributed by atoms with Crippen molar-refractivity contribution in [2.24, 2.45) is 0 Å². The van der Waals surface area contributed by atoms with Gasteiger partial charge in [0.05, 0.1) is 21.4 Å². The number of nitrogens with one attached hydrogen (secondary N) is 1. The van der Waals surface area contributed by atoms with Crippen LogP contribution in [0.25, 0.3) is 0 Å². The molecule has 4 heteroatoms. The molecular weight excluding hydrogens is 279 g/mol. The van der Waals surface area contributed by atoms with E-state index in [1.54, 1.807) is 12.1 Å². The van der Waals surface area contributed by atoms with Crippen molar-refractivity contribution in [3.8, 4) is 0 Å². The molecule has 0 spiro atoms. The molecule has 0 saturated carbocycles. The van der Waals surface area contributed by atoms with Crippen molar-refractivity contribution >= 4 is 40.3 Å². The molecule has 0 atom stereocenters. The maximum atomic E-state index is 5.99. The first-order chi connectivity index (χ1) is 8.97. The van der Waals surface area contributed by atoms with Gasteiger partial charge in [0.2, 0.25) is 0 Å². The molecule has 0 aromatic heterocycles. The first-order valence-corrected chi connectivity index (χ1v) is 6.84. The highest BCUT2D eigenvalue weighted by Crippen LogP contribution is 2.32. The number of rotatable bonds is 3. The van der Waals surface area contributed by atoms with Crippen molar-refractivity contribution in [3.63, 3.8) is 0 Å². The zero-order valence-corrected chi connectivity index (χ0v) is 12.4. The van der Waals surface area contributed by atoms with E-state index in [1.165, 1.54) is 5.56 Å². The van der Waals surface area contributed by atoms with E-state index in [0.29, 0.717) is 21.7 Å². The lowest BCUT2D eigenvalue weighted by Gasteiger charge is -2.12. The van der Waals surface area contributed by atoms with Gasteiger partial charge in [-0.15, -0.1) is 0 Å². The Bertz CT molecular complexity index is 577. The maximum Gasteiger partial charge on any atom is 0.0633 e. The van der Waals surface area contributed by atoms with Crippen LogP contribution in [0, 0.1) is 0 Å². The minimum atomic E-state index is 0.458. The quantitative estimate of drug-likeness (QED) is 0.740. The lowest BCUT2D eigenvalue weighted by atomic mass is 10.0. The number of benzene rings is 2. The van der Waals surface area contributed by atoms with Gasteiger partial charge in [-0.2, -0.15) is 0 Å². The minimum absolute atomic E-state index is 0.458. The second-order valence-corrected chi connectivity index (χ2v) is 5.57. The second kappa shape index (κ2) is 5.72. The molecule has 0 bridgehead atoms. The van der Waals surface area contributed by atoms with Gasteiger partial charge in [-0.25, -0.2) is 0 Å². The Hall–Kier alpha value is -1.38. The lowest BCUT2D eigenvalue weighted by Crippen LogP contribution is -1.97. The molecule has 2 nitrogen and oxygen atoms in total. The highest BCUT2D eigenvalue weighted by molar-refractivity contribution is 6.42. The van der Waals surface area contributed by atoms with Crippen LogP contribution >= 0.6 is 23.2 Å². The van der Waals surface area contributed by atoms with Crippen LogP contribution in [0.4, 0.5) is 17.1 Å². The van der Waals surface area contributed by atoms with E-state index in [0.717, 1.165) is 11.4 Å². The van der Waals surface area contributed by atoms with Crippen molar-refractivity contribution in [2.45, 2.75) is 19.8 Å². The van der Waals surface area contributed by atoms with E-state index in [1.807, 2.05) is 12.1 Å². The molecule has 0 heterocycles. The molecule has 100 valence electrons. The van der Waals surface area contributed by atoms with E-state index in [4.69, 9.17) is 28.9 Å². The Labute approximate surface area is 123 Å². The molecule has 2 rings (SSSR count). The monoisotopic (exact) mass is 294 g/mol. The van der Waals surface area contributed by atoms with E-state index in [9.17, 15) is 0 Å². The summed E-state index contributed by atoms with van der Waals surface area (Å²) in [4.78, 5) is 0. The Morgan fingerprint density at radius 1 is 1.00 bits per heavy atom. The van der Waals surface area contributed by atoms with Crippen molar-refractivity contribution in [2.75, 3.05) is 11.1 Å². The third-order valence-electron chi connectivity index (χ3n) is 2.95. The molecule has 0 amide bonds. The zero-order valence-electron chi connectivity index (χ0n) is 10.9. The first kappa shape index (κ1) is 14.0. The third kappa shape index (κ3) is 3.34. The Morgan fingerprint density at radius 3 is 2.16 bits per heavy atom. The molecule has 0 aliphatic heterocycles. The topological polar surface area (TPSA) is 38.0 Å². The fraction of sp³-hybridized carbons (Fsp3) is 0.200. The normalized spacial score (nSPS) is 10.8. The van der Waals surface area contributed by atoms with Crippen LogP contribution in [-0.4, -0.2) is 0 Å². The molecule has 2 aromatic rings. The van der Waals surface area contributed by atoms with Crippen LogP contribution in [0.5, 0.6) is 0 Å². The van der Waals surface area contributed by atoms with Crippen molar-refractivity contribution in [1.29, 1.82) is 0 Å². The third-order valence-corrected chi connectivity index (χ3v) is 3.67. The van der Waals surface area contributed by atoms with E-state index >= 15 is 0 Å². The standard InChI is InChI=1S/C15H16Cl2N2/c1-9(2)10-3-5-11(6-4-10)19-15-8-13(17)12(16)7-14(15)18/h3-9,19H,18H2,1-2H3. The van der Waals surface area contributed by atoms with Gasteiger partial charge in [-0.05, 0) is 35.7 Å². The molecule has 19 heavy (non-hydrogen) atoms. The van der Waals surface area contributed by atoms with Gasteiger partial charge in [0.15, 0.2) is 0 Å². The first-order valence-electron chi connectivity index (χ1n) is 6.09. The van der Waals surface area contributed by atoms with E-state index in [-0.39, 0.29) is 0 Å². The second-order valence-electron chi connectivity index (χ2n) is 4.76. The zero-order chi connectivity index (χ0) is 14.0. The van der Waals surface area contributed by atoms with Gasteiger partial charge in [0.1, 0.15) is 0 Å². The largest absolute Gasteiger partial charge is 0.397 e. The number of nitrogens with two attached hydrogens (primary N) is 1. The Morgan fingerprint density at radius 2 is 1.58 bits per heavy atom. The van der Waals surface area contributed by atoms with Gasteiger partial charge >= 0.3 is 0 Å². The van der Waals surface area contributed by atoms with Crippen LogP contribution < -0.4 is 11.1 Å². The Balaban J connectivity index is 2.24. The number of anilines is 3. The minimum Gasteiger partial charge on any atom is -0.397 e. The summed E-state index contributed by atoms with van der Waals surface area (Å²) < 4.78 is 0.